The number of aryl methyl sites for hydroxylation is 1. The largest absolute Gasteiger partial charge is 0.454 e. The highest BCUT2D eigenvalue weighted by atomic mass is 35.5. The van der Waals surface area contributed by atoms with Gasteiger partial charge in [-0.2, -0.15) is 5.10 Å². The summed E-state index contributed by atoms with van der Waals surface area (Å²) in [6.07, 6.45) is 2.62. The molecule has 0 fully saturated rings. The Morgan fingerprint density at radius 1 is 1.21 bits per heavy atom. The SMILES string of the molecule is Cc1nn(-c2ccc(F)cc2)c(Cl)c1/C=C/C(=O)OCC(=O)c1ccc(Cl)s1. The number of halogens is 3. The molecule has 0 atom stereocenters. The fraction of sp³-hybridized carbons (Fsp3) is 0.105. The number of carbonyl (C=O) groups excluding carboxylic acids is 2. The van der Waals surface area contributed by atoms with E-state index in [1.54, 1.807) is 19.1 Å². The van der Waals surface area contributed by atoms with Crippen molar-refractivity contribution >= 4 is 52.4 Å². The normalized spacial score (nSPS) is 11.1. The second kappa shape index (κ2) is 8.68. The molecule has 0 amide bonds. The van der Waals surface area contributed by atoms with Crippen LogP contribution >= 0.6 is 34.5 Å². The maximum absolute atomic E-state index is 13.1. The summed E-state index contributed by atoms with van der Waals surface area (Å²) in [5, 5.41) is 4.56. The van der Waals surface area contributed by atoms with Crippen LogP contribution in [0.3, 0.4) is 0 Å². The number of aromatic nitrogens is 2. The van der Waals surface area contributed by atoms with Crippen molar-refractivity contribution in [3.8, 4) is 5.69 Å². The van der Waals surface area contributed by atoms with Crippen molar-refractivity contribution in [3.05, 3.63) is 73.9 Å². The van der Waals surface area contributed by atoms with Gasteiger partial charge in [0.2, 0.25) is 5.78 Å². The monoisotopic (exact) mass is 438 g/mol. The van der Waals surface area contributed by atoms with Gasteiger partial charge in [-0.3, -0.25) is 4.79 Å². The molecule has 144 valence electrons. The summed E-state index contributed by atoms with van der Waals surface area (Å²) in [5.41, 5.74) is 1.67. The molecule has 0 aliphatic heterocycles. The average molecular weight is 439 g/mol. The molecule has 3 aromatic rings. The summed E-state index contributed by atoms with van der Waals surface area (Å²) in [4.78, 5) is 24.2. The van der Waals surface area contributed by atoms with E-state index in [1.165, 1.54) is 41.1 Å². The zero-order chi connectivity index (χ0) is 20.3. The third-order valence-electron chi connectivity index (χ3n) is 3.70. The minimum Gasteiger partial charge on any atom is -0.454 e. The zero-order valence-corrected chi connectivity index (χ0v) is 16.8. The Morgan fingerprint density at radius 2 is 1.93 bits per heavy atom. The van der Waals surface area contributed by atoms with Crippen LogP contribution in [0.2, 0.25) is 9.49 Å². The lowest BCUT2D eigenvalue weighted by molar-refractivity contribution is -0.136. The zero-order valence-electron chi connectivity index (χ0n) is 14.5. The summed E-state index contributed by atoms with van der Waals surface area (Å²) >= 11 is 13.2. The van der Waals surface area contributed by atoms with Crippen LogP contribution in [0.1, 0.15) is 20.9 Å². The molecule has 1 aromatic carbocycles. The van der Waals surface area contributed by atoms with Crippen molar-refractivity contribution in [2.24, 2.45) is 0 Å². The molecule has 9 heteroatoms. The summed E-state index contributed by atoms with van der Waals surface area (Å²) in [6.45, 7) is 1.34. The first-order valence-electron chi connectivity index (χ1n) is 7.99. The molecule has 2 aromatic heterocycles. The number of thiophene rings is 1. The van der Waals surface area contributed by atoms with Crippen LogP contribution < -0.4 is 0 Å². The van der Waals surface area contributed by atoms with E-state index in [0.717, 1.165) is 11.3 Å². The lowest BCUT2D eigenvalue weighted by Crippen LogP contribution is -2.11. The van der Waals surface area contributed by atoms with E-state index < -0.39 is 5.97 Å². The number of nitrogens with zero attached hydrogens (tertiary/aromatic N) is 2. The van der Waals surface area contributed by atoms with Gasteiger partial charge in [0.25, 0.3) is 0 Å². The van der Waals surface area contributed by atoms with Crippen LogP contribution in [-0.4, -0.2) is 28.1 Å². The van der Waals surface area contributed by atoms with Crippen molar-refractivity contribution in [2.45, 2.75) is 6.92 Å². The van der Waals surface area contributed by atoms with Gasteiger partial charge >= 0.3 is 5.97 Å². The topological polar surface area (TPSA) is 61.2 Å². The van der Waals surface area contributed by atoms with E-state index in [1.807, 2.05) is 0 Å². The number of benzene rings is 1. The summed E-state index contributed by atoms with van der Waals surface area (Å²) in [5.74, 6) is -1.40. The Kier molecular flexibility index (Phi) is 6.28. The number of Topliss-reactive ketones (excluding diaryl/α,β-unsaturated/α-hetero) is 1. The van der Waals surface area contributed by atoms with E-state index in [4.69, 9.17) is 27.9 Å². The maximum Gasteiger partial charge on any atom is 0.331 e. The lowest BCUT2D eigenvalue weighted by Gasteiger charge is -2.02. The van der Waals surface area contributed by atoms with Gasteiger partial charge in [0, 0.05) is 11.6 Å². The van der Waals surface area contributed by atoms with E-state index in [-0.39, 0.29) is 23.4 Å². The van der Waals surface area contributed by atoms with Gasteiger partial charge in [0.15, 0.2) is 6.61 Å². The number of ether oxygens (including phenoxy) is 1. The van der Waals surface area contributed by atoms with Crippen molar-refractivity contribution in [3.63, 3.8) is 0 Å². The van der Waals surface area contributed by atoms with Gasteiger partial charge in [0.1, 0.15) is 11.0 Å². The number of ketones is 1. The highest BCUT2D eigenvalue weighted by Gasteiger charge is 2.14. The second-order valence-corrected chi connectivity index (χ2v) is 7.72. The standard InChI is InChI=1S/C19H13Cl2FN2O3S/c1-11-14(19(21)24(23-11)13-4-2-12(22)3-5-13)6-9-18(26)27-10-15(25)16-7-8-17(20)28-16/h2-9H,10H2,1H3/b9-6+. The van der Waals surface area contributed by atoms with Crippen LogP contribution in [0.5, 0.6) is 0 Å². The van der Waals surface area contributed by atoms with Crippen LogP contribution in [0.15, 0.2) is 42.5 Å². The Labute approximate surface area is 174 Å². The molecule has 0 radical (unpaired) electrons. The Morgan fingerprint density at radius 3 is 2.57 bits per heavy atom. The van der Waals surface area contributed by atoms with E-state index in [0.29, 0.717) is 26.2 Å². The first-order chi connectivity index (χ1) is 13.3. The number of rotatable bonds is 6. The number of hydrogen-bond acceptors (Lipinski definition) is 5. The molecule has 2 heterocycles. The molecule has 0 aliphatic rings. The average Bonchev–Trinajstić information content (AvgIpc) is 3.22. The number of carbonyl (C=O) groups is 2. The molecule has 0 spiro atoms. The van der Waals surface area contributed by atoms with Gasteiger partial charge in [-0.05, 0) is 49.4 Å². The quantitative estimate of drug-likeness (QED) is 0.304. The minimum atomic E-state index is -0.694. The Hall–Kier alpha value is -2.48. The molecule has 0 saturated heterocycles. The fourth-order valence-corrected chi connectivity index (χ4v) is 3.63. The lowest BCUT2D eigenvalue weighted by atomic mass is 10.2. The molecule has 0 aliphatic carbocycles. The minimum absolute atomic E-state index is 0.262. The molecule has 0 N–H and O–H groups in total. The molecule has 0 unspecified atom stereocenters. The first-order valence-corrected chi connectivity index (χ1v) is 9.57. The Bertz CT molecular complexity index is 1060. The highest BCUT2D eigenvalue weighted by molar-refractivity contribution is 7.18. The summed E-state index contributed by atoms with van der Waals surface area (Å²) in [7, 11) is 0. The maximum atomic E-state index is 13.1. The summed E-state index contributed by atoms with van der Waals surface area (Å²) in [6, 6.07) is 8.85. The second-order valence-electron chi connectivity index (χ2n) is 5.65. The van der Waals surface area contributed by atoms with E-state index in [2.05, 4.69) is 5.10 Å². The predicted molar refractivity (Wildman–Crippen MR) is 107 cm³/mol. The van der Waals surface area contributed by atoms with Crippen LogP contribution in [0.4, 0.5) is 4.39 Å². The van der Waals surface area contributed by atoms with Crippen molar-refractivity contribution in [2.75, 3.05) is 6.61 Å². The highest BCUT2D eigenvalue weighted by Crippen LogP contribution is 2.25. The van der Waals surface area contributed by atoms with Crippen LogP contribution in [-0.2, 0) is 9.53 Å². The molecule has 5 nitrogen and oxygen atoms in total. The van der Waals surface area contributed by atoms with Gasteiger partial charge in [-0.15, -0.1) is 11.3 Å². The number of hydrogen-bond donors (Lipinski definition) is 0. The van der Waals surface area contributed by atoms with Gasteiger partial charge in [-0.1, -0.05) is 23.2 Å². The van der Waals surface area contributed by atoms with Crippen molar-refractivity contribution in [1.29, 1.82) is 0 Å². The van der Waals surface area contributed by atoms with Crippen LogP contribution in [0.25, 0.3) is 11.8 Å². The van der Waals surface area contributed by atoms with E-state index in [9.17, 15) is 14.0 Å². The molecular weight excluding hydrogens is 426 g/mol. The first kappa shape index (κ1) is 20.3. The molecule has 28 heavy (non-hydrogen) atoms. The van der Waals surface area contributed by atoms with Gasteiger partial charge < -0.3 is 4.74 Å². The molecule has 0 saturated carbocycles. The summed E-state index contributed by atoms with van der Waals surface area (Å²) < 4.78 is 20.0. The van der Waals surface area contributed by atoms with Crippen molar-refractivity contribution in [1.82, 2.24) is 9.78 Å². The van der Waals surface area contributed by atoms with Gasteiger partial charge in [-0.25, -0.2) is 13.9 Å². The third kappa shape index (κ3) is 4.67. The molecule has 3 rings (SSSR count). The van der Waals surface area contributed by atoms with E-state index >= 15 is 0 Å². The Balaban J connectivity index is 1.67. The predicted octanol–water partition coefficient (Wildman–Crippen LogP) is 5.13. The van der Waals surface area contributed by atoms with Gasteiger partial charge in [0.05, 0.1) is 20.6 Å². The molecular formula is C19H13Cl2FN2O3S. The smallest absolute Gasteiger partial charge is 0.331 e. The third-order valence-corrected chi connectivity index (χ3v) is 5.33. The molecule has 0 bridgehead atoms. The van der Waals surface area contributed by atoms with Crippen molar-refractivity contribution < 1.29 is 18.7 Å². The number of esters is 1. The fourth-order valence-electron chi connectivity index (χ4n) is 2.33. The van der Waals surface area contributed by atoms with Crippen LogP contribution in [0, 0.1) is 12.7 Å².